The Morgan fingerprint density at radius 2 is 0.298 bits per heavy atom. The lowest BCUT2D eigenvalue weighted by atomic mass is 9.50. The van der Waals surface area contributed by atoms with Crippen LogP contribution in [0.5, 0.6) is 0 Å². The van der Waals surface area contributed by atoms with Crippen molar-refractivity contribution in [3.05, 3.63) is 0 Å². The van der Waals surface area contributed by atoms with Crippen molar-refractivity contribution in [3.63, 3.8) is 0 Å². The van der Waals surface area contributed by atoms with Gasteiger partial charge in [0.2, 0.25) is 0 Å². The molecule has 0 saturated carbocycles. The van der Waals surface area contributed by atoms with E-state index in [2.05, 4.69) is 277 Å². The summed E-state index contributed by atoms with van der Waals surface area (Å²) in [6.07, 6.45) is 0. The van der Waals surface area contributed by atoms with Crippen molar-refractivity contribution < 1.29 is 57.3 Å². The molecule has 1 saturated heterocycles. The molecule has 1 aliphatic rings. The van der Waals surface area contributed by atoms with Crippen LogP contribution in [0.15, 0.2) is 0 Å². The van der Waals surface area contributed by atoms with Gasteiger partial charge in [0.25, 0.3) is 0 Å². The molecule has 0 amide bonds. The highest BCUT2D eigenvalue weighted by atomic mass is 16.9. The van der Waals surface area contributed by atoms with Gasteiger partial charge in [0, 0.05) is 21.7 Å². The molecule has 0 atom stereocenters. The quantitative estimate of drug-likeness (QED) is 0.0474. The normalized spacial score (nSPS) is 17.0. The molecular weight excluding hydrogens is 1050 g/mol. The van der Waals surface area contributed by atoms with Gasteiger partial charge in [-0.05, 0) is 94.7 Å². The van der Waals surface area contributed by atoms with Crippen molar-refractivity contribution >= 4 is 29.3 Å². The van der Waals surface area contributed by atoms with Crippen molar-refractivity contribution in [2.75, 3.05) is 0 Å². The largest absolute Gasteiger partial charge is 0.615 e. The molecule has 4 N–H and O–H groups in total. The highest BCUT2D eigenvalue weighted by molar-refractivity contribution is 6.67. The zero-order valence-electron chi connectivity index (χ0n) is 62.6. The van der Waals surface area contributed by atoms with E-state index in [4.69, 9.17) is 36.9 Å². The van der Waals surface area contributed by atoms with Crippen LogP contribution in [0.3, 0.4) is 0 Å². The molecule has 1 fully saturated rings. The summed E-state index contributed by atoms with van der Waals surface area (Å²) in [5.74, 6) is -3.78. The standard InChI is InChI=1S/C68H140B4O12/c1-41(2)61(73,42(3)4)57(33,34)65(49(17)18,50(19)20)77-69-81-70(78-66(51(21)22,52(23)24)58(35,36)62(74,43(5)6)44(7)8)83-72(80-68(55(29)30,56(31)32)60(39,40)64(76,47(13)14)48(15)16)84-71(82-69)79-67(53(25)26,54(27)28)59(37,38)63(75,45(9)10)46(11)12/h41-56,73-76H,1-40H3. The van der Waals surface area contributed by atoms with E-state index in [9.17, 15) is 20.4 Å². The summed E-state index contributed by atoms with van der Waals surface area (Å²) in [7, 11) is -6.78. The fourth-order valence-electron chi connectivity index (χ4n) is 21.2. The Kier molecular flexibility index (Phi) is 27.6. The fraction of sp³-hybridized carbons (Fsp3) is 1.00. The van der Waals surface area contributed by atoms with Gasteiger partial charge in [-0.2, -0.15) is 0 Å². The van der Waals surface area contributed by atoms with Crippen molar-refractivity contribution in [2.24, 2.45) is 116 Å². The van der Waals surface area contributed by atoms with Gasteiger partial charge in [-0.15, -0.1) is 0 Å². The average Bonchev–Trinajstić information content (AvgIpc) is 3.31. The zero-order valence-corrected chi connectivity index (χ0v) is 62.6. The Morgan fingerprint density at radius 3 is 0.369 bits per heavy atom. The molecule has 0 aromatic carbocycles. The molecule has 0 radical (unpaired) electrons. The highest BCUT2D eigenvalue weighted by Crippen LogP contribution is 2.62. The van der Waals surface area contributed by atoms with Crippen molar-refractivity contribution in [1.82, 2.24) is 0 Å². The lowest BCUT2D eigenvalue weighted by Crippen LogP contribution is -2.73. The molecule has 496 valence electrons. The lowest BCUT2D eigenvalue weighted by Gasteiger charge is -2.63. The lowest BCUT2D eigenvalue weighted by molar-refractivity contribution is -0.257. The molecule has 1 heterocycles. The summed E-state index contributed by atoms with van der Waals surface area (Å²) >= 11 is 0. The van der Waals surface area contributed by atoms with E-state index in [1.807, 2.05) is 0 Å². The van der Waals surface area contributed by atoms with Crippen LogP contribution < -0.4 is 0 Å². The predicted molar refractivity (Wildman–Crippen MR) is 355 cm³/mol. The molecule has 0 aromatic heterocycles. The number of aliphatic hydroxyl groups is 4. The zero-order chi connectivity index (χ0) is 67.2. The van der Waals surface area contributed by atoms with E-state index in [1.165, 1.54) is 0 Å². The van der Waals surface area contributed by atoms with E-state index in [0.29, 0.717) is 0 Å². The average molecular weight is 1190 g/mol. The summed E-state index contributed by atoms with van der Waals surface area (Å²) < 4.78 is 61.1. The maximum absolute atomic E-state index is 13.4. The van der Waals surface area contributed by atoms with E-state index in [-0.39, 0.29) is 94.7 Å². The Bertz CT molecular complexity index is 1650. The number of hydrogen-bond acceptors (Lipinski definition) is 12. The van der Waals surface area contributed by atoms with Gasteiger partial charge in [0.05, 0.1) is 44.8 Å². The van der Waals surface area contributed by atoms with Crippen LogP contribution in [0.1, 0.15) is 277 Å². The predicted octanol–water partition coefficient (Wildman–Crippen LogP) is 16.6. The molecular formula is C68H140B4O12. The summed E-state index contributed by atoms with van der Waals surface area (Å²) in [5.41, 5.74) is -14.1. The van der Waals surface area contributed by atoms with Crippen molar-refractivity contribution in [2.45, 2.75) is 322 Å². The third kappa shape index (κ3) is 12.9. The number of rotatable bonds is 32. The Morgan fingerprint density at radius 1 is 0.202 bits per heavy atom. The van der Waals surface area contributed by atoms with Gasteiger partial charge >= 0.3 is 29.3 Å². The molecule has 16 heteroatoms. The smallest absolute Gasteiger partial charge is 0.400 e. The van der Waals surface area contributed by atoms with E-state index >= 15 is 0 Å². The second-order valence-corrected chi connectivity index (χ2v) is 33.6. The first-order valence-electron chi connectivity index (χ1n) is 33.6. The van der Waals surface area contributed by atoms with Crippen LogP contribution in [0.4, 0.5) is 0 Å². The third-order valence-electron chi connectivity index (χ3n) is 23.9. The Labute approximate surface area is 522 Å². The van der Waals surface area contributed by atoms with Crippen molar-refractivity contribution in [3.8, 4) is 0 Å². The molecule has 0 unspecified atom stereocenters. The van der Waals surface area contributed by atoms with Crippen LogP contribution in [-0.2, 0) is 36.9 Å². The van der Waals surface area contributed by atoms with Crippen molar-refractivity contribution in [1.29, 1.82) is 0 Å². The van der Waals surface area contributed by atoms with Gasteiger partial charge in [-0.1, -0.05) is 277 Å². The van der Waals surface area contributed by atoms with Crippen LogP contribution in [-0.4, -0.2) is 94.5 Å². The summed E-state index contributed by atoms with van der Waals surface area (Å²) in [6, 6.07) is 0. The second kappa shape index (κ2) is 28.3. The Balaban J connectivity index is 5.35. The second-order valence-electron chi connectivity index (χ2n) is 33.6. The molecule has 1 aliphatic heterocycles. The fourth-order valence-corrected chi connectivity index (χ4v) is 21.2. The molecule has 84 heavy (non-hydrogen) atoms. The van der Waals surface area contributed by atoms with E-state index in [1.54, 1.807) is 0 Å². The monoisotopic (exact) mass is 1190 g/mol. The first kappa shape index (κ1) is 81.8. The first-order valence-corrected chi connectivity index (χ1v) is 33.6. The number of hydrogen-bond donors (Lipinski definition) is 4. The Hall–Kier alpha value is -0.220. The maximum Gasteiger partial charge on any atom is 0.615 e. The van der Waals surface area contributed by atoms with E-state index in [0.717, 1.165) is 0 Å². The molecule has 0 aliphatic carbocycles. The molecule has 12 nitrogen and oxygen atoms in total. The van der Waals surface area contributed by atoms with E-state index < -0.39 is 95.8 Å². The minimum Gasteiger partial charge on any atom is -0.400 e. The van der Waals surface area contributed by atoms with Gasteiger partial charge in [0.1, 0.15) is 0 Å². The summed E-state index contributed by atoms with van der Waals surface area (Å²) in [6.45, 7) is 83.6. The summed E-state index contributed by atoms with van der Waals surface area (Å²) in [4.78, 5) is 0. The highest BCUT2D eigenvalue weighted by Gasteiger charge is 2.71. The van der Waals surface area contributed by atoms with Crippen LogP contribution in [0.2, 0.25) is 0 Å². The molecule has 1 rings (SSSR count). The van der Waals surface area contributed by atoms with Gasteiger partial charge in [0.15, 0.2) is 0 Å². The first-order chi connectivity index (χ1) is 37.4. The topological polar surface area (TPSA) is 155 Å². The third-order valence-corrected chi connectivity index (χ3v) is 23.9. The SMILES string of the molecule is CC(C)C(O)(C(C)C)C(C)(C)C(OB1OB(OC(C(C)C)(C(C)C)C(C)(C)C(O)(C(C)C)C(C)C)OB(OC(C(C)C)(C(C)C)C(C)(C)C(O)(C(C)C)C(C)C)OB(OC(C(C)C)(C(C)C)C(C)(C)C(O)(C(C)C)C(C)C)O1)(C(C)C)C(C)C. The summed E-state index contributed by atoms with van der Waals surface area (Å²) in [5, 5.41) is 53.6. The van der Waals surface area contributed by atoms with Crippen LogP contribution in [0.25, 0.3) is 0 Å². The minimum absolute atomic E-state index is 0.208. The molecule has 0 bridgehead atoms. The van der Waals surface area contributed by atoms with Gasteiger partial charge < -0.3 is 57.3 Å². The van der Waals surface area contributed by atoms with Gasteiger partial charge in [-0.3, -0.25) is 0 Å². The maximum atomic E-state index is 13.4. The van der Waals surface area contributed by atoms with Crippen LogP contribution in [0, 0.1) is 116 Å². The van der Waals surface area contributed by atoms with Crippen LogP contribution >= 0.6 is 0 Å². The minimum atomic E-state index is -1.69. The van der Waals surface area contributed by atoms with Gasteiger partial charge in [-0.25, -0.2) is 0 Å². The molecule has 0 spiro atoms. The molecule has 0 aromatic rings.